The Kier molecular flexibility index (Phi) is 21.9. The first kappa shape index (κ1) is 76.6. The predicted octanol–water partition coefficient (Wildman–Crippen LogP) is 26.8. The van der Waals surface area contributed by atoms with Gasteiger partial charge < -0.3 is 24.0 Å². The van der Waals surface area contributed by atoms with Gasteiger partial charge in [-0.1, -0.05) is 255 Å². The normalized spacial score (nSPS) is 29.1. The molecule has 0 amide bonds. The van der Waals surface area contributed by atoms with Gasteiger partial charge in [-0.3, -0.25) is 0 Å². The Bertz CT molecular complexity index is 4870. The molecule has 11 aliphatic carbocycles. The van der Waals surface area contributed by atoms with E-state index in [4.69, 9.17) is 14.2 Å². The number of nitrogens with zero attached hydrogens (tertiary/aromatic N) is 2. The second kappa shape index (κ2) is 32.3. The van der Waals surface area contributed by atoms with Crippen molar-refractivity contribution < 1.29 is 23.0 Å². The summed E-state index contributed by atoms with van der Waals surface area (Å²) in [6, 6.07) is 41.9. The van der Waals surface area contributed by atoms with Gasteiger partial charge in [-0.15, -0.1) is 0 Å². The molecule has 0 spiro atoms. The van der Waals surface area contributed by atoms with Crippen LogP contribution in [-0.4, -0.2) is 48.4 Å². The molecule has 12 aliphatic rings. The molecule has 1 aliphatic heterocycles. The molecular weight excluding hydrogens is 1390 g/mol. The molecule has 14 atom stereocenters. The van der Waals surface area contributed by atoms with E-state index in [1.807, 2.05) is 30.4 Å². The zero-order valence-corrected chi connectivity index (χ0v) is 67.9. The van der Waals surface area contributed by atoms with Crippen molar-refractivity contribution in [3.63, 3.8) is 0 Å². The van der Waals surface area contributed by atoms with E-state index in [1.54, 1.807) is 29.4 Å². The van der Waals surface area contributed by atoms with E-state index in [1.165, 1.54) is 68.6 Å². The minimum absolute atomic E-state index is 0.00753. The average molecular weight is 1510 g/mol. The quantitative estimate of drug-likeness (QED) is 0.0454. The lowest BCUT2D eigenvalue weighted by atomic mass is 9.54. The van der Waals surface area contributed by atoms with Crippen molar-refractivity contribution in [1.29, 1.82) is 0 Å². The van der Waals surface area contributed by atoms with Crippen LogP contribution < -0.4 is 14.4 Å². The van der Waals surface area contributed by atoms with Crippen LogP contribution in [0.4, 0.5) is 20.2 Å². The SMILES string of the molecule is C=CC1=CCC(OCCCCC2C=CC(C3(c4ccc(C(C)(C)C)cc4)c4cc(N(c5cccc6c5C5C(N(C7C=CC(F)=CC7)C7C=CC8=C(C7)C(c7ccc(CCCCOc9ccc(C=C)cc9)cc7)(C7CC=C(C(C)(C)C)CC7)C7CCC=CC87)=CC=CC5O6)C5C=CC(F)=CC5)ccc4C4CCCCC43)=CC2)C=C1. The van der Waals surface area contributed by atoms with Crippen LogP contribution in [0.1, 0.15) is 220 Å². The van der Waals surface area contributed by atoms with Gasteiger partial charge in [0, 0.05) is 46.0 Å². The van der Waals surface area contributed by atoms with Crippen LogP contribution in [0.5, 0.6) is 11.5 Å². The van der Waals surface area contributed by atoms with Gasteiger partial charge in [0.15, 0.2) is 0 Å². The van der Waals surface area contributed by atoms with E-state index in [0.717, 1.165) is 143 Å². The number of halogens is 2. The lowest BCUT2D eigenvalue weighted by molar-refractivity contribution is 0.0826. The fourth-order valence-corrected chi connectivity index (χ4v) is 22.7. The first-order valence-corrected chi connectivity index (χ1v) is 43.3. The van der Waals surface area contributed by atoms with Crippen molar-refractivity contribution in [3.05, 3.63) is 340 Å². The summed E-state index contributed by atoms with van der Waals surface area (Å²) in [5.74, 6) is 3.52. The number of anilines is 2. The second-order valence-corrected chi connectivity index (χ2v) is 36.6. The minimum Gasteiger partial charge on any atom is -0.494 e. The molecule has 5 aromatic carbocycles. The topological polar surface area (TPSA) is 34.2 Å². The highest BCUT2D eigenvalue weighted by Gasteiger charge is 2.60. The van der Waals surface area contributed by atoms with Crippen LogP contribution in [0, 0.1) is 35.0 Å². The van der Waals surface area contributed by atoms with Crippen molar-refractivity contribution in [1.82, 2.24) is 4.90 Å². The van der Waals surface area contributed by atoms with E-state index in [9.17, 15) is 0 Å². The first-order valence-electron chi connectivity index (χ1n) is 43.3. The number of hydrogen-bond donors (Lipinski definition) is 0. The number of benzene rings is 5. The van der Waals surface area contributed by atoms with Gasteiger partial charge in [0.05, 0.1) is 36.8 Å². The molecule has 0 bridgehead atoms. The third-order valence-electron chi connectivity index (χ3n) is 28.3. The molecule has 1 saturated carbocycles. The molecule has 14 unspecified atom stereocenters. The highest BCUT2D eigenvalue weighted by molar-refractivity contribution is 5.77. The van der Waals surface area contributed by atoms with Crippen LogP contribution in [-0.2, 0) is 27.4 Å². The summed E-state index contributed by atoms with van der Waals surface area (Å²) < 4.78 is 51.6. The molecule has 0 aromatic heterocycles. The highest BCUT2D eigenvalue weighted by atomic mass is 19.1. The zero-order chi connectivity index (χ0) is 77.6. The molecule has 1 heterocycles. The molecule has 0 saturated heterocycles. The van der Waals surface area contributed by atoms with E-state index in [0.29, 0.717) is 55.0 Å². The van der Waals surface area contributed by atoms with Crippen molar-refractivity contribution in [2.45, 2.75) is 228 Å². The van der Waals surface area contributed by atoms with Gasteiger partial charge in [-0.25, -0.2) is 8.78 Å². The Labute approximate surface area is 673 Å². The van der Waals surface area contributed by atoms with Gasteiger partial charge in [0.2, 0.25) is 0 Å². The smallest absolute Gasteiger partial charge is 0.130 e. The molecular formula is C106H118F2N2O3. The number of unbranched alkanes of at least 4 members (excludes halogenated alkanes) is 2. The van der Waals surface area contributed by atoms with E-state index >= 15 is 8.78 Å². The summed E-state index contributed by atoms with van der Waals surface area (Å²) in [6.07, 6.45) is 69.2. The standard InChI is InChI=1S/C106H118F2N2O3/c1-9-71-35-61-87(62-36-71)111-67-17-15-21-73-31-39-77(40-32-73)105(79-47-43-75(44-48-79)103(3,4)5)93-25-13-11-23-89(93)91-65-59-85(69-95(91)105)109(83-55-51-81(107)52-56-83)97-27-19-29-99-101(97)102-98(28-20-30-100(102)113-99)110(84-57-53-82(108)54-58-84)86-60-66-92-90-24-12-14-26-94(90)106(96(92)70-86,80-49-45-76(46-50-80)104(6,7)8)78-41-33-74(34-42-78)22-16-18-68-112-88-63-37-72(10-2)38-64-88/h9-11,19-20,23,27-33,35-43,45-46,49-55,57,59-63,65-66,70,74,79,83-85,88-90,93-94,99,101H,1-2,12-18,21-22,24-26,34,44,47-48,56,58,64,67-69H2,3-8H3. The highest BCUT2D eigenvalue weighted by Crippen LogP contribution is 2.67. The Hall–Kier alpha value is -9.04. The minimum atomic E-state index is -0.412. The Balaban J connectivity index is 0.731. The number of ether oxygens (including phenoxy) is 3. The van der Waals surface area contributed by atoms with Crippen LogP contribution in [0.25, 0.3) is 6.08 Å². The largest absolute Gasteiger partial charge is 0.494 e. The summed E-state index contributed by atoms with van der Waals surface area (Å²) in [4.78, 5) is 5.29. The fourth-order valence-electron chi connectivity index (χ4n) is 22.7. The van der Waals surface area contributed by atoms with E-state index < -0.39 is 5.41 Å². The fraction of sp³-hybridized carbons (Fsp3) is 0.415. The number of allylic oxidation sites excluding steroid dienone is 19. The molecule has 0 N–H and O–H groups in total. The summed E-state index contributed by atoms with van der Waals surface area (Å²) in [5, 5.41) is 0. The van der Waals surface area contributed by atoms with Gasteiger partial charge in [0.1, 0.15) is 29.3 Å². The second-order valence-electron chi connectivity index (χ2n) is 36.6. The summed E-state index contributed by atoms with van der Waals surface area (Å²) in [7, 11) is 0. The maximum absolute atomic E-state index is 15.8. The molecule has 1 fully saturated rings. The van der Waals surface area contributed by atoms with Crippen LogP contribution in [0.3, 0.4) is 0 Å². The molecule has 17 rings (SSSR count). The maximum atomic E-state index is 15.8. The van der Waals surface area contributed by atoms with Crippen molar-refractivity contribution in [2.75, 3.05) is 18.1 Å². The molecule has 5 nitrogen and oxygen atoms in total. The summed E-state index contributed by atoms with van der Waals surface area (Å²) in [5.41, 5.74) is 20.8. The number of fused-ring (bicyclic) bond motifs is 8. The number of aryl methyl sites for hydroxylation is 1. The molecule has 113 heavy (non-hydrogen) atoms. The predicted molar refractivity (Wildman–Crippen MR) is 464 cm³/mol. The lowest BCUT2D eigenvalue weighted by Gasteiger charge is -2.50. The van der Waals surface area contributed by atoms with Gasteiger partial charge in [-0.2, -0.15) is 0 Å². The monoisotopic (exact) mass is 1500 g/mol. The third kappa shape index (κ3) is 14.7. The zero-order valence-electron chi connectivity index (χ0n) is 67.9. The van der Waals surface area contributed by atoms with Gasteiger partial charge in [0.25, 0.3) is 0 Å². The molecule has 7 heteroatoms. The van der Waals surface area contributed by atoms with Crippen molar-refractivity contribution in [3.8, 4) is 11.5 Å². The lowest BCUT2D eigenvalue weighted by Crippen LogP contribution is -2.48. The molecule has 0 radical (unpaired) electrons. The first-order chi connectivity index (χ1) is 55.0. The van der Waals surface area contributed by atoms with Gasteiger partial charge in [-0.05, 0) is 278 Å². The summed E-state index contributed by atoms with van der Waals surface area (Å²) >= 11 is 0. The molecule has 5 aromatic rings. The Morgan fingerprint density at radius 2 is 1.42 bits per heavy atom. The number of hydrogen-bond acceptors (Lipinski definition) is 5. The Morgan fingerprint density at radius 3 is 2.13 bits per heavy atom. The van der Waals surface area contributed by atoms with Crippen molar-refractivity contribution in [2.24, 2.45) is 35.0 Å². The summed E-state index contributed by atoms with van der Waals surface area (Å²) in [6.45, 7) is 23.5. The van der Waals surface area contributed by atoms with E-state index in [2.05, 4.69) is 259 Å². The maximum Gasteiger partial charge on any atom is 0.130 e. The van der Waals surface area contributed by atoms with Crippen LogP contribution in [0.15, 0.2) is 295 Å². The van der Waals surface area contributed by atoms with Crippen molar-refractivity contribution >= 4 is 17.5 Å². The van der Waals surface area contributed by atoms with Crippen LogP contribution in [0.2, 0.25) is 0 Å². The number of rotatable bonds is 24. The Morgan fingerprint density at radius 1 is 0.637 bits per heavy atom. The van der Waals surface area contributed by atoms with E-state index in [-0.39, 0.29) is 64.2 Å². The molecule has 584 valence electrons. The third-order valence-corrected chi connectivity index (χ3v) is 28.3. The van der Waals surface area contributed by atoms with Gasteiger partial charge >= 0.3 is 0 Å². The average Bonchev–Trinajstić information content (AvgIpc) is 1.55. The van der Waals surface area contributed by atoms with Crippen LogP contribution >= 0.6 is 0 Å².